The van der Waals surface area contributed by atoms with Gasteiger partial charge in [-0.15, -0.1) is 0 Å². The van der Waals surface area contributed by atoms with Crippen molar-refractivity contribution < 1.29 is 19.4 Å². The lowest BCUT2D eigenvalue weighted by atomic mass is 10.0. The maximum atomic E-state index is 12.7. The number of thioether (sulfide) groups is 1. The SMILES string of the molecule is COc1ccc2ccccc2c1/C=C1\SC(=S)N(CCCC(=O)O)C1=O. The van der Waals surface area contributed by atoms with Crippen molar-refractivity contribution in [1.82, 2.24) is 4.90 Å². The smallest absolute Gasteiger partial charge is 0.303 e. The molecule has 7 heteroatoms. The summed E-state index contributed by atoms with van der Waals surface area (Å²) in [5.41, 5.74) is 0.830. The molecule has 1 aliphatic heterocycles. The van der Waals surface area contributed by atoms with E-state index in [2.05, 4.69) is 0 Å². The second-order valence-electron chi connectivity index (χ2n) is 5.73. The number of fused-ring (bicyclic) bond motifs is 1. The first kappa shape index (κ1) is 18.4. The Labute approximate surface area is 160 Å². The van der Waals surface area contributed by atoms with Crippen molar-refractivity contribution in [3.8, 4) is 5.75 Å². The summed E-state index contributed by atoms with van der Waals surface area (Å²) in [7, 11) is 1.60. The first-order chi connectivity index (χ1) is 12.5. The lowest BCUT2D eigenvalue weighted by molar-refractivity contribution is -0.137. The van der Waals surface area contributed by atoms with Gasteiger partial charge in [0.25, 0.3) is 5.91 Å². The first-order valence-corrected chi connectivity index (χ1v) is 9.26. The average Bonchev–Trinajstić information content (AvgIpc) is 2.89. The predicted octanol–water partition coefficient (Wildman–Crippen LogP) is 3.91. The normalized spacial score (nSPS) is 15.9. The predicted molar refractivity (Wildman–Crippen MR) is 107 cm³/mol. The van der Waals surface area contributed by atoms with Gasteiger partial charge in [-0.05, 0) is 29.3 Å². The minimum atomic E-state index is -0.883. The van der Waals surface area contributed by atoms with E-state index in [0.29, 0.717) is 27.9 Å². The van der Waals surface area contributed by atoms with E-state index in [0.717, 1.165) is 16.3 Å². The molecule has 1 aliphatic rings. The summed E-state index contributed by atoms with van der Waals surface area (Å²) in [5.74, 6) is -0.397. The topological polar surface area (TPSA) is 66.8 Å². The summed E-state index contributed by atoms with van der Waals surface area (Å²) < 4.78 is 5.92. The quantitative estimate of drug-likeness (QED) is 0.599. The summed E-state index contributed by atoms with van der Waals surface area (Å²) in [5, 5.41) is 10.8. The fourth-order valence-electron chi connectivity index (χ4n) is 2.81. The van der Waals surface area contributed by atoms with Gasteiger partial charge in [0.05, 0.1) is 12.0 Å². The number of rotatable bonds is 6. The molecule has 0 bridgehead atoms. The third kappa shape index (κ3) is 3.73. The van der Waals surface area contributed by atoms with Crippen molar-refractivity contribution in [1.29, 1.82) is 0 Å². The maximum absolute atomic E-state index is 12.7. The third-order valence-electron chi connectivity index (χ3n) is 4.07. The lowest BCUT2D eigenvalue weighted by Gasteiger charge is -2.13. The Hall–Kier alpha value is -2.38. The number of aliphatic carboxylic acids is 1. The minimum Gasteiger partial charge on any atom is -0.496 e. The number of benzene rings is 2. The Morgan fingerprint density at radius 2 is 2.08 bits per heavy atom. The van der Waals surface area contributed by atoms with Crippen LogP contribution in [0.1, 0.15) is 18.4 Å². The fourth-order valence-corrected chi connectivity index (χ4v) is 4.11. The molecule has 0 spiro atoms. The molecule has 1 fully saturated rings. The van der Waals surface area contributed by atoms with Crippen LogP contribution in [0.2, 0.25) is 0 Å². The van der Waals surface area contributed by atoms with Crippen LogP contribution in [0.25, 0.3) is 16.8 Å². The van der Waals surface area contributed by atoms with Crippen LogP contribution in [0.5, 0.6) is 5.75 Å². The van der Waals surface area contributed by atoms with Crippen LogP contribution in [0.3, 0.4) is 0 Å². The monoisotopic (exact) mass is 387 g/mol. The second-order valence-corrected chi connectivity index (χ2v) is 7.41. The molecule has 134 valence electrons. The summed E-state index contributed by atoms with van der Waals surface area (Å²) in [6.45, 7) is 0.307. The molecule has 2 aromatic carbocycles. The molecule has 1 heterocycles. The number of amides is 1. The highest BCUT2D eigenvalue weighted by Gasteiger charge is 2.32. The molecule has 1 amide bonds. The number of carbonyl (C=O) groups excluding carboxylic acids is 1. The van der Waals surface area contributed by atoms with E-state index in [4.69, 9.17) is 22.1 Å². The molecular formula is C19H17NO4S2. The average molecular weight is 387 g/mol. The molecule has 2 aromatic rings. The van der Waals surface area contributed by atoms with Crippen LogP contribution in [0, 0.1) is 0 Å². The number of carboxylic acids is 1. The molecule has 1 saturated heterocycles. The van der Waals surface area contributed by atoms with Crippen LogP contribution in [0.4, 0.5) is 0 Å². The number of nitrogens with zero attached hydrogens (tertiary/aromatic N) is 1. The Morgan fingerprint density at radius 3 is 2.81 bits per heavy atom. The zero-order valence-electron chi connectivity index (χ0n) is 14.1. The molecule has 26 heavy (non-hydrogen) atoms. The second kappa shape index (κ2) is 7.88. The van der Waals surface area contributed by atoms with Gasteiger partial charge in [0, 0.05) is 18.5 Å². The van der Waals surface area contributed by atoms with E-state index in [9.17, 15) is 9.59 Å². The van der Waals surface area contributed by atoms with Gasteiger partial charge in [-0.25, -0.2) is 0 Å². The first-order valence-electron chi connectivity index (χ1n) is 8.04. The van der Waals surface area contributed by atoms with Crippen molar-refractivity contribution >= 4 is 57.0 Å². The standard InChI is InChI=1S/C19H17NO4S2/c1-24-15-9-8-12-5-2-3-6-13(12)14(15)11-16-18(23)20(19(25)26-16)10-4-7-17(21)22/h2-3,5-6,8-9,11H,4,7,10H2,1H3,(H,21,22)/b16-11-. The minimum absolute atomic E-state index is 0.00720. The van der Waals surface area contributed by atoms with Gasteiger partial charge in [-0.2, -0.15) is 0 Å². The van der Waals surface area contributed by atoms with Crippen LogP contribution in [-0.4, -0.2) is 39.9 Å². The summed E-state index contributed by atoms with van der Waals surface area (Å²) in [6.07, 6.45) is 2.18. The molecule has 1 N–H and O–H groups in total. The molecular weight excluding hydrogens is 370 g/mol. The summed E-state index contributed by atoms with van der Waals surface area (Å²) in [6, 6.07) is 11.7. The number of ether oxygens (including phenoxy) is 1. The summed E-state index contributed by atoms with van der Waals surface area (Å²) >= 11 is 6.52. The molecule has 0 aromatic heterocycles. The number of thiocarbonyl (C=S) groups is 1. The van der Waals surface area contributed by atoms with Crippen molar-refractivity contribution in [3.63, 3.8) is 0 Å². The number of carbonyl (C=O) groups is 2. The van der Waals surface area contributed by atoms with Crippen molar-refractivity contribution in [3.05, 3.63) is 46.9 Å². The zero-order valence-corrected chi connectivity index (χ0v) is 15.7. The lowest BCUT2D eigenvalue weighted by Crippen LogP contribution is -2.29. The largest absolute Gasteiger partial charge is 0.496 e. The van der Waals surface area contributed by atoms with Gasteiger partial charge >= 0.3 is 5.97 Å². The third-order valence-corrected chi connectivity index (χ3v) is 5.45. The van der Waals surface area contributed by atoms with Gasteiger partial charge < -0.3 is 9.84 Å². The van der Waals surface area contributed by atoms with Gasteiger partial charge in [0.1, 0.15) is 10.1 Å². The van der Waals surface area contributed by atoms with Crippen molar-refractivity contribution in [2.24, 2.45) is 0 Å². The van der Waals surface area contributed by atoms with E-state index in [1.165, 1.54) is 16.7 Å². The Bertz CT molecular complexity index is 923. The summed E-state index contributed by atoms with van der Waals surface area (Å²) in [4.78, 5) is 25.3. The Kier molecular flexibility index (Phi) is 5.58. The molecule has 3 rings (SSSR count). The van der Waals surface area contributed by atoms with Gasteiger partial charge in [0.15, 0.2) is 0 Å². The Morgan fingerprint density at radius 1 is 1.31 bits per heavy atom. The number of hydrogen-bond donors (Lipinski definition) is 1. The van der Waals surface area contributed by atoms with Gasteiger partial charge in [-0.1, -0.05) is 54.3 Å². The van der Waals surface area contributed by atoms with Gasteiger partial charge in [-0.3, -0.25) is 14.5 Å². The van der Waals surface area contributed by atoms with E-state index in [1.54, 1.807) is 13.2 Å². The molecule has 0 atom stereocenters. The highest BCUT2D eigenvalue weighted by atomic mass is 32.2. The fraction of sp³-hybridized carbons (Fsp3) is 0.211. The van der Waals surface area contributed by atoms with Crippen molar-refractivity contribution in [2.45, 2.75) is 12.8 Å². The molecule has 5 nitrogen and oxygen atoms in total. The van der Waals surface area contributed by atoms with Crippen LogP contribution in [0.15, 0.2) is 41.3 Å². The Balaban J connectivity index is 1.93. The number of methoxy groups -OCH3 is 1. The molecule has 0 radical (unpaired) electrons. The number of hydrogen-bond acceptors (Lipinski definition) is 5. The van der Waals surface area contributed by atoms with E-state index < -0.39 is 5.97 Å². The number of carboxylic acid groups (broad SMARTS) is 1. The highest BCUT2D eigenvalue weighted by Crippen LogP contribution is 2.36. The van der Waals surface area contributed by atoms with Crippen LogP contribution < -0.4 is 4.74 Å². The molecule has 0 unspecified atom stereocenters. The maximum Gasteiger partial charge on any atom is 0.303 e. The molecule has 0 saturated carbocycles. The molecule has 0 aliphatic carbocycles. The van der Waals surface area contributed by atoms with Crippen LogP contribution in [-0.2, 0) is 9.59 Å². The van der Waals surface area contributed by atoms with E-state index in [-0.39, 0.29) is 12.3 Å². The highest BCUT2D eigenvalue weighted by molar-refractivity contribution is 8.26. The van der Waals surface area contributed by atoms with E-state index in [1.807, 2.05) is 36.4 Å². The van der Waals surface area contributed by atoms with Gasteiger partial charge in [0.2, 0.25) is 0 Å². The van der Waals surface area contributed by atoms with Crippen LogP contribution >= 0.6 is 24.0 Å². The van der Waals surface area contributed by atoms with E-state index >= 15 is 0 Å². The van der Waals surface area contributed by atoms with Crippen molar-refractivity contribution in [2.75, 3.05) is 13.7 Å². The zero-order chi connectivity index (χ0) is 18.7.